The van der Waals surface area contributed by atoms with Gasteiger partial charge in [-0.1, -0.05) is 110 Å². The molecule has 7 N–H and O–H groups in total. The Balaban J connectivity index is 6.46. The number of carboxylic acid groups (broad SMARTS) is 1. The molecule has 2 unspecified atom stereocenters. The standard InChI is InChI=1S/C65H117N11O15/c1-25-30-91-51(78)29-27-28-42(15)55(79)53(66-18)59(83)69-45(26-2)61(85)71(19)35-50(77)72(20)46(31-36(3)4)58(82)70-52(40(11)12)64(88)73(21)47(32-37(5)6)57(81)67-43(16)56(80)68-44(17)60(84)74(22)48(33-38(7)8)62(86)75(23)49(34-39(9)10)63(87)76(24)54(41(13)14)65(89)90/h27,29,36-49,52-55,66,79H,25-26,28,30-35H2,1-24H3,(H,67,81)(H,68,80)(H,69,83)(H,70,82)(H,89,90)/b29-27+/t42-,43-,44-,45?,46+,47+,48+,49+,52+,53?,54+,55-/m1/s1. The molecular weight excluding hydrogens is 1170 g/mol. The molecule has 0 saturated carbocycles. The number of aliphatic carboxylic acids is 1. The SMILES string of the molecule is CCCOC(=O)/C=C/C[C@@H](C)[C@@H](O)C(NC)C(=O)NC(CC)C(=O)N(C)CC(=O)N(C)[C@@H](CC(C)C)C(=O)N[C@H](C(=O)N(C)[C@@H](CC(C)C)C(=O)N[C@H](C)C(=O)N[C@H](C)C(=O)N(C)[C@@H](CC(C)C)C(=O)N(C)[C@@H](CC(C)C)C(=O)N(C)[C@H](C(=O)O)C(C)C)C(C)C. The Hall–Kier alpha value is -6.70. The van der Waals surface area contributed by atoms with Crippen LogP contribution in [0.1, 0.15) is 163 Å². The minimum absolute atomic E-state index is 0.0788. The van der Waals surface area contributed by atoms with E-state index < -0.39 is 162 Å². The van der Waals surface area contributed by atoms with Gasteiger partial charge in [-0.05, 0) is 107 Å². The van der Waals surface area contributed by atoms with Crippen LogP contribution in [0.3, 0.4) is 0 Å². The van der Waals surface area contributed by atoms with E-state index in [1.807, 2.05) is 62.3 Å². The second-order valence-electron chi connectivity index (χ2n) is 26.8. The molecule has 0 rings (SSSR count). The van der Waals surface area contributed by atoms with E-state index in [0.717, 1.165) is 9.80 Å². The molecule has 0 aliphatic carbocycles. The highest BCUT2D eigenvalue weighted by molar-refractivity contribution is 5.98. The Bertz CT molecular complexity index is 2450. The summed E-state index contributed by atoms with van der Waals surface area (Å²) in [6, 6.07) is -11.5. The first-order chi connectivity index (χ1) is 42.1. The van der Waals surface area contributed by atoms with Crippen LogP contribution in [0.4, 0.5) is 0 Å². The van der Waals surface area contributed by atoms with E-state index in [1.165, 1.54) is 88.9 Å². The fraction of sp³-hybridized carbons (Fsp3) is 0.785. The number of esters is 1. The summed E-state index contributed by atoms with van der Waals surface area (Å²) < 4.78 is 5.04. The zero-order valence-corrected chi connectivity index (χ0v) is 59.3. The van der Waals surface area contributed by atoms with Crippen molar-refractivity contribution in [3.8, 4) is 0 Å². The van der Waals surface area contributed by atoms with Gasteiger partial charge in [-0.3, -0.25) is 47.9 Å². The van der Waals surface area contributed by atoms with Gasteiger partial charge in [0.05, 0.1) is 19.3 Å². The van der Waals surface area contributed by atoms with Gasteiger partial charge in [0.15, 0.2) is 0 Å². The highest BCUT2D eigenvalue weighted by atomic mass is 16.5. The molecule has 0 aliphatic rings. The average molecular weight is 1290 g/mol. The minimum atomic E-state index is -1.25. The molecule has 0 heterocycles. The summed E-state index contributed by atoms with van der Waals surface area (Å²) in [5.74, 6) is -10.1. The largest absolute Gasteiger partial charge is 0.480 e. The third-order valence-corrected chi connectivity index (χ3v) is 16.1. The maximum atomic E-state index is 14.6. The van der Waals surface area contributed by atoms with Crippen molar-refractivity contribution in [1.82, 2.24) is 56.0 Å². The number of nitrogens with zero attached hydrogens (tertiary/aromatic N) is 6. The van der Waals surface area contributed by atoms with Crippen molar-refractivity contribution in [1.29, 1.82) is 0 Å². The van der Waals surface area contributed by atoms with Crippen molar-refractivity contribution >= 4 is 71.0 Å². The van der Waals surface area contributed by atoms with Crippen molar-refractivity contribution in [2.24, 2.45) is 41.4 Å². The third-order valence-electron chi connectivity index (χ3n) is 16.1. The number of hydrogen-bond acceptors (Lipinski definition) is 15. The molecule has 0 bridgehead atoms. The maximum absolute atomic E-state index is 14.6. The molecule has 0 aromatic heterocycles. The number of carbonyl (C=O) groups is 12. The Morgan fingerprint density at radius 1 is 0.484 bits per heavy atom. The molecule has 0 fully saturated rings. The Morgan fingerprint density at radius 3 is 1.36 bits per heavy atom. The van der Waals surface area contributed by atoms with Crippen molar-refractivity contribution in [3.05, 3.63) is 12.2 Å². The zero-order valence-electron chi connectivity index (χ0n) is 59.3. The number of carboxylic acids is 1. The molecule has 0 spiro atoms. The van der Waals surface area contributed by atoms with E-state index in [2.05, 4.69) is 26.6 Å². The lowest BCUT2D eigenvalue weighted by molar-refractivity contribution is -0.157. The van der Waals surface area contributed by atoms with E-state index in [0.29, 0.717) is 6.42 Å². The van der Waals surface area contributed by atoms with Gasteiger partial charge >= 0.3 is 11.9 Å². The molecule has 91 heavy (non-hydrogen) atoms. The molecule has 12 atom stereocenters. The lowest BCUT2D eigenvalue weighted by Crippen LogP contribution is -2.61. The number of likely N-dealkylation sites (N-methyl/N-ethyl adjacent to an activating group) is 7. The Kier molecular flexibility index (Phi) is 37.3. The number of carbonyl (C=O) groups excluding carboxylic acids is 11. The van der Waals surface area contributed by atoms with E-state index in [9.17, 15) is 67.7 Å². The number of aliphatic hydroxyl groups is 1. The summed E-state index contributed by atoms with van der Waals surface area (Å²) in [5.41, 5.74) is 0. The molecule has 26 nitrogen and oxygen atoms in total. The predicted octanol–water partition coefficient (Wildman–Crippen LogP) is 3.03. The van der Waals surface area contributed by atoms with Crippen LogP contribution >= 0.6 is 0 Å². The smallest absolute Gasteiger partial charge is 0.330 e. The number of rotatable bonds is 40. The molecule has 0 saturated heterocycles. The van der Waals surface area contributed by atoms with E-state index in [1.54, 1.807) is 47.6 Å². The van der Waals surface area contributed by atoms with Crippen molar-refractivity contribution in [2.45, 2.75) is 229 Å². The van der Waals surface area contributed by atoms with E-state index in [4.69, 9.17) is 4.74 Å². The highest BCUT2D eigenvalue weighted by Gasteiger charge is 2.42. The quantitative estimate of drug-likeness (QED) is 0.0342. The fourth-order valence-electron chi connectivity index (χ4n) is 10.5. The number of amides is 10. The molecule has 0 radical (unpaired) electrons. The van der Waals surface area contributed by atoms with Gasteiger partial charge in [0.25, 0.3) is 0 Å². The molecule has 0 aromatic carbocycles. The monoisotopic (exact) mass is 1290 g/mol. The second kappa shape index (κ2) is 40.3. The van der Waals surface area contributed by atoms with Crippen molar-refractivity contribution in [2.75, 3.05) is 62.5 Å². The van der Waals surface area contributed by atoms with Crippen LogP contribution in [0.15, 0.2) is 12.2 Å². The topological polar surface area (TPSA) is 334 Å². The first kappa shape index (κ1) is 84.3. The van der Waals surface area contributed by atoms with Gasteiger partial charge in [-0.2, -0.15) is 0 Å². The number of allylic oxidation sites excluding steroid dienone is 1. The molecule has 0 aliphatic heterocycles. The summed E-state index contributed by atoms with van der Waals surface area (Å²) >= 11 is 0. The fourth-order valence-corrected chi connectivity index (χ4v) is 10.5. The van der Waals surface area contributed by atoms with Crippen molar-refractivity contribution < 1.29 is 72.5 Å². The lowest BCUT2D eigenvalue weighted by Gasteiger charge is -2.39. The summed E-state index contributed by atoms with van der Waals surface area (Å²) in [6.45, 7) is 29.5. The van der Waals surface area contributed by atoms with Gasteiger partial charge in [-0.25, -0.2) is 9.59 Å². The molecular formula is C65H117N11O15. The molecule has 10 amide bonds. The minimum Gasteiger partial charge on any atom is -0.480 e. The van der Waals surface area contributed by atoms with Gasteiger partial charge in [-0.15, -0.1) is 0 Å². The summed E-state index contributed by atoms with van der Waals surface area (Å²) in [5, 5.41) is 34.7. The molecule has 0 aromatic rings. The van der Waals surface area contributed by atoms with E-state index in [-0.39, 0.29) is 68.8 Å². The normalized spacial score (nSPS) is 15.7. The third kappa shape index (κ3) is 26.8. The first-order valence-electron chi connectivity index (χ1n) is 32.3. The summed E-state index contributed by atoms with van der Waals surface area (Å²) in [6.07, 6.45) is 3.32. The zero-order chi connectivity index (χ0) is 70.8. The van der Waals surface area contributed by atoms with Gasteiger partial charge in [0, 0.05) is 48.4 Å². The van der Waals surface area contributed by atoms with Crippen LogP contribution in [0.5, 0.6) is 0 Å². The van der Waals surface area contributed by atoms with Crippen LogP contribution in [0.25, 0.3) is 0 Å². The number of ether oxygens (including phenoxy) is 1. The van der Waals surface area contributed by atoms with Gasteiger partial charge in [0.1, 0.15) is 60.4 Å². The number of hydrogen-bond donors (Lipinski definition) is 7. The average Bonchev–Trinajstić information content (AvgIpc) is 1.02. The van der Waals surface area contributed by atoms with Crippen LogP contribution < -0.4 is 26.6 Å². The van der Waals surface area contributed by atoms with Crippen LogP contribution in [-0.4, -0.2) is 240 Å². The Labute approximate surface area is 542 Å². The van der Waals surface area contributed by atoms with Crippen LogP contribution in [-0.2, 0) is 62.3 Å². The van der Waals surface area contributed by atoms with Crippen LogP contribution in [0.2, 0.25) is 0 Å². The highest BCUT2D eigenvalue weighted by Crippen LogP contribution is 2.23. The summed E-state index contributed by atoms with van der Waals surface area (Å²) in [7, 11) is 9.98. The summed E-state index contributed by atoms with van der Waals surface area (Å²) in [4.78, 5) is 172. The predicted molar refractivity (Wildman–Crippen MR) is 348 cm³/mol. The molecule has 26 heteroatoms. The van der Waals surface area contributed by atoms with Crippen molar-refractivity contribution in [3.63, 3.8) is 0 Å². The van der Waals surface area contributed by atoms with E-state index >= 15 is 0 Å². The van der Waals surface area contributed by atoms with Crippen LogP contribution in [0, 0.1) is 41.4 Å². The lowest BCUT2D eigenvalue weighted by atomic mass is 9.93. The molecule has 522 valence electrons. The Morgan fingerprint density at radius 2 is 0.923 bits per heavy atom. The number of aliphatic hydroxyl groups excluding tert-OH is 1. The van der Waals surface area contributed by atoms with Gasteiger partial charge in [0.2, 0.25) is 59.1 Å². The first-order valence-corrected chi connectivity index (χ1v) is 32.3. The number of nitrogens with one attached hydrogen (secondary N) is 5. The maximum Gasteiger partial charge on any atom is 0.330 e. The second-order valence-corrected chi connectivity index (χ2v) is 26.8. The van der Waals surface area contributed by atoms with Gasteiger partial charge < -0.3 is 70.9 Å².